The largest absolute Gasteiger partial charge is 0.481 e. The molecule has 1 rings (SSSR count). The maximum absolute atomic E-state index is 11.8. The van der Waals surface area contributed by atoms with Gasteiger partial charge in [0.15, 0.2) is 0 Å². The third-order valence-electron chi connectivity index (χ3n) is 5.36. The normalized spacial score (nSPS) is 15.1. The molecule has 0 bridgehead atoms. The summed E-state index contributed by atoms with van der Waals surface area (Å²) >= 11 is 0. The summed E-state index contributed by atoms with van der Waals surface area (Å²) in [6, 6.07) is 0. The number of nitrogens with one attached hydrogen (secondary N) is 1. The highest BCUT2D eigenvalue weighted by Crippen LogP contribution is 2.25. The summed E-state index contributed by atoms with van der Waals surface area (Å²) in [4.78, 5) is 10.4. The molecule has 1 fully saturated rings. The van der Waals surface area contributed by atoms with Crippen molar-refractivity contribution >= 4 is 16.0 Å². The van der Waals surface area contributed by atoms with E-state index in [1.807, 2.05) is 0 Å². The van der Waals surface area contributed by atoms with Crippen LogP contribution in [0.4, 0.5) is 0 Å². The van der Waals surface area contributed by atoms with Crippen molar-refractivity contribution in [1.82, 2.24) is 4.72 Å². The summed E-state index contributed by atoms with van der Waals surface area (Å²) < 4.78 is 26.4. The van der Waals surface area contributed by atoms with Gasteiger partial charge in [0.2, 0.25) is 10.0 Å². The molecular weight excluding hydrogens is 350 g/mol. The summed E-state index contributed by atoms with van der Waals surface area (Å²) in [5, 5.41) is 8.44. The maximum Gasteiger partial charge on any atom is 0.303 e. The van der Waals surface area contributed by atoms with E-state index in [4.69, 9.17) is 5.11 Å². The Morgan fingerprint density at radius 1 is 0.769 bits per heavy atom. The highest BCUT2D eigenvalue weighted by Gasteiger charge is 2.30. The van der Waals surface area contributed by atoms with Crippen molar-refractivity contribution in [2.45, 2.75) is 114 Å². The van der Waals surface area contributed by atoms with E-state index in [9.17, 15) is 13.2 Å². The number of rotatable bonds is 18. The number of hydrogen-bond donors (Lipinski definition) is 2. The van der Waals surface area contributed by atoms with Crippen LogP contribution in [0.3, 0.4) is 0 Å². The lowest BCUT2D eigenvalue weighted by molar-refractivity contribution is -0.137. The highest BCUT2D eigenvalue weighted by atomic mass is 32.2. The van der Waals surface area contributed by atoms with E-state index in [-0.39, 0.29) is 5.25 Å². The fourth-order valence-corrected chi connectivity index (χ4v) is 4.98. The number of carboxylic acid groups (broad SMARTS) is 1. The van der Waals surface area contributed by atoms with Crippen molar-refractivity contribution in [1.29, 1.82) is 0 Å². The Labute approximate surface area is 160 Å². The van der Waals surface area contributed by atoms with Crippen LogP contribution in [0.5, 0.6) is 0 Å². The first-order valence-corrected chi connectivity index (χ1v) is 12.3. The second-order valence-electron chi connectivity index (χ2n) is 7.73. The number of carboxylic acids is 1. The summed E-state index contributed by atoms with van der Waals surface area (Å²) in [6.45, 7) is 0.602. The lowest BCUT2D eigenvalue weighted by atomic mass is 10.0. The number of aliphatic carboxylic acids is 1. The molecule has 1 saturated carbocycles. The van der Waals surface area contributed by atoms with Gasteiger partial charge >= 0.3 is 5.97 Å². The topological polar surface area (TPSA) is 83.5 Å². The molecule has 0 radical (unpaired) electrons. The molecule has 0 heterocycles. The standard InChI is InChI=1S/C20H39NO4S/c22-20(23)17-12-10-8-6-4-2-1-3-5-7-9-11-13-18-21-26(24,25)19-15-14-16-19/h19,21H,1-18H2,(H,22,23). The van der Waals surface area contributed by atoms with Gasteiger partial charge in [0.25, 0.3) is 0 Å². The van der Waals surface area contributed by atoms with Gasteiger partial charge in [-0.05, 0) is 25.7 Å². The minimum Gasteiger partial charge on any atom is -0.481 e. The summed E-state index contributed by atoms with van der Waals surface area (Å²) in [6.07, 6.45) is 18.3. The van der Waals surface area contributed by atoms with Gasteiger partial charge in [-0.25, -0.2) is 13.1 Å². The van der Waals surface area contributed by atoms with E-state index in [0.29, 0.717) is 13.0 Å². The lowest BCUT2D eigenvalue weighted by Gasteiger charge is -2.25. The minimum absolute atomic E-state index is 0.118. The molecule has 0 spiro atoms. The molecule has 5 nitrogen and oxygen atoms in total. The van der Waals surface area contributed by atoms with Crippen LogP contribution in [0.15, 0.2) is 0 Å². The third-order valence-corrected chi connectivity index (χ3v) is 7.32. The molecular formula is C20H39NO4S. The lowest BCUT2D eigenvalue weighted by Crippen LogP contribution is -2.38. The summed E-state index contributed by atoms with van der Waals surface area (Å²) in [5.41, 5.74) is 0. The van der Waals surface area contributed by atoms with E-state index in [2.05, 4.69) is 4.72 Å². The average molecular weight is 390 g/mol. The first kappa shape index (κ1) is 23.4. The van der Waals surface area contributed by atoms with Crippen molar-refractivity contribution in [2.75, 3.05) is 6.54 Å². The van der Waals surface area contributed by atoms with Crippen molar-refractivity contribution in [3.8, 4) is 0 Å². The average Bonchev–Trinajstić information content (AvgIpc) is 2.52. The van der Waals surface area contributed by atoms with Crippen molar-refractivity contribution in [3.05, 3.63) is 0 Å². The van der Waals surface area contributed by atoms with E-state index < -0.39 is 16.0 Å². The number of hydrogen-bond acceptors (Lipinski definition) is 3. The second kappa shape index (κ2) is 14.4. The summed E-state index contributed by atoms with van der Waals surface area (Å²) in [5.74, 6) is -0.681. The molecule has 1 aliphatic rings. The van der Waals surface area contributed by atoms with E-state index >= 15 is 0 Å². The molecule has 0 aliphatic heterocycles. The van der Waals surface area contributed by atoms with Crippen LogP contribution in [0.25, 0.3) is 0 Å². The zero-order valence-corrected chi connectivity index (χ0v) is 17.2. The smallest absolute Gasteiger partial charge is 0.303 e. The zero-order chi connectivity index (χ0) is 19.1. The molecule has 0 saturated heterocycles. The van der Waals surface area contributed by atoms with Crippen LogP contribution in [-0.4, -0.2) is 31.3 Å². The van der Waals surface area contributed by atoms with Crippen LogP contribution in [-0.2, 0) is 14.8 Å². The van der Waals surface area contributed by atoms with E-state index in [0.717, 1.165) is 51.4 Å². The predicted octanol–water partition coefficient (Wildman–Crippen LogP) is 5.00. The molecule has 0 unspecified atom stereocenters. The number of carbonyl (C=O) groups is 1. The number of unbranched alkanes of at least 4 members (excludes halogenated alkanes) is 12. The van der Waals surface area contributed by atoms with Gasteiger partial charge < -0.3 is 5.11 Å². The maximum atomic E-state index is 11.8. The molecule has 0 atom stereocenters. The fraction of sp³-hybridized carbons (Fsp3) is 0.950. The Balaban J connectivity index is 1.74. The third kappa shape index (κ3) is 11.9. The second-order valence-corrected chi connectivity index (χ2v) is 9.78. The molecule has 6 heteroatoms. The van der Waals surface area contributed by atoms with E-state index in [1.54, 1.807) is 0 Å². The Bertz CT molecular complexity index is 460. The fourth-order valence-electron chi connectivity index (χ4n) is 3.36. The van der Waals surface area contributed by atoms with Crippen LogP contribution >= 0.6 is 0 Å². The van der Waals surface area contributed by atoms with Gasteiger partial charge in [-0.15, -0.1) is 0 Å². The molecule has 0 aromatic carbocycles. The molecule has 1 aliphatic carbocycles. The van der Waals surface area contributed by atoms with Gasteiger partial charge in [-0.2, -0.15) is 0 Å². The SMILES string of the molecule is O=C(O)CCCCCCCCCCCCCCCNS(=O)(=O)C1CCC1. The molecule has 26 heavy (non-hydrogen) atoms. The monoisotopic (exact) mass is 389 g/mol. The Kier molecular flexibility index (Phi) is 13.0. The van der Waals surface area contributed by atoms with Crippen LogP contribution in [0.1, 0.15) is 109 Å². The minimum atomic E-state index is -3.02. The predicted molar refractivity (Wildman–Crippen MR) is 107 cm³/mol. The van der Waals surface area contributed by atoms with Gasteiger partial charge in [0.05, 0.1) is 5.25 Å². The first-order chi connectivity index (χ1) is 12.5. The summed E-state index contributed by atoms with van der Waals surface area (Å²) in [7, 11) is -3.02. The Morgan fingerprint density at radius 3 is 1.58 bits per heavy atom. The number of sulfonamides is 1. The molecule has 154 valence electrons. The quantitative estimate of drug-likeness (QED) is 0.323. The van der Waals surface area contributed by atoms with Gasteiger partial charge in [-0.3, -0.25) is 4.79 Å². The van der Waals surface area contributed by atoms with Crippen LogP contribution in [0, 0.1) is 0 Å². The van der Waals surface area contributed by atoms with E-state index in [1.165, 1.54) is 51.4 Å². The highest BCUT2D eigenvalue weighted by molar-refractivity contribution is 7.90. The van der Waals surface area contributed by atoms with Crippen LogP contribution in [0.2, 0.25) is 0 Å². The molecule has 0 aromatic rings. The van der Waals surface area contributed by atoms with Crippen molar-refractivity contribution in [3.63, 3.8) is 0 Å². The van der Waals surface area contributed by atoms with Crippen molar-refractivity contribution < 1.29 is 18.3 Å². The van der Waals surface area contributed by atoms with Crippen molar-refractivity contribution in [2.24, 2.45) is 0 Å². The van der Waals surface area contributed by atoms with Gasteiger partial charge in [0, 0.05) is 13.0 Å². The van der Waals surface area contributed by atoms with Gasteiger partial charge in [0.1, 0.15) is 0 Å². The Morgan fingerprint density at radius 2 is 1.19 bits per heavy atom. The molecule has 0 aromatic heterocycles. The van der Waals surface area contributed by atoms with Gasteiger partial charge in [-0.1, -0.05) is 77.0 Å². The first-order valence-electron chi connectivity index (χ1n) is 10.7. The van der Waals surface area contributed by atoms with Crippen LogP contribution < -0.4 is 4.72 Å². The zero-order valence-electron chi connectivity index (χ0n) is 16.4. The molecule has 2 N–H and O–H groups in total. The Hall–Kier alpha value is -0.620. The molecule has 0 amide bonds.